The summed E-state index contributed by atoms with van der Waals surface area (Å²) >= 11 is 0. The van der Waals surface area contributed by atoms with Crippen LogP contribution in [0.3, 0.4) is 0 Å². The van der Waals surface area contributed by atoms with Gasteiger partial charge in [-0.25, -0.2) is 0 Å². The summed E-state index contributed by atoms with van der Waals surface area (Å²) in [5.74, 6) is 0.0590. The van der Waals surface area contributed by atoms with Crippen molar-refractivity contribution in [2.24, 2.45) is 0 Å². The predicted molar refractivity (Wildman–Crippen MR) is 146 cm³/mol. The topological polar surface area (TPSA) is 57.5 Å². The van der Waals surface area contributed by atoms with Gasteiger partial charge in [-0.3, -0.25) is 4.79 Å². The number of phenolic OH excluding ortho intramolecular Hbond substituents is 2. The monoisotopic (exact) mass is 466 g/mol. The van der Waals surface area contributed by atoms with Gasteiger partial charge in [0, 0.05) is 22.3 Å². The quantitative estimate of drug-likeness (QED) is 0.259. The van der Waals surface area contributed by atoms with Crippen LogP contribution in [0.1, 0.15) is 15.9 Å². The highest BCUT2D eigenvalue weighted by atomic mass is 16.3. The molecule has 0 saturated carbocycles. The molecule has 3 heteroatoms. The second-order valence-corrected chi connectivity index (χ2v) is 8.78. The van der Waals surface area contributed by atoms with Gasteiger partial charge in [-0.1, -0.05) is 109 Å². The van der Waals surface area contributed by atoms with Crippen molar-refractivity contribution in [3.8, 4) is 33.8 Å². The Morgan fingerprint density at radius 2 is 0.833 bits per heavy atom. The minimum Gasteiger partial charge on any atom is -0.507 e. The van der Waals surface area contributed by atoms with E-state index in [1.807, 2.05) is 97.1 Å². The van der Waals surface area contributed by atoms with E-state index in [0.717, 1.165) is 21.5 Å². The average molecular weight is 467 g/mol. The molecule has 172 valence electrons. The van der Waals surface area contributed by atoms with Crippen LogP contribution >= 0.6 is 0 Å². The largest absolute Gasteiger partial charge is 0.507 e. The first kappa shape index (κ1) is 21.6. The zero-order valence-electron chi connectivity index (χ0n) is 19.3. The molecule has 0 radical (unpaired) electrons. The van der Waals surface area contributed by atoms with Crippen molar-refractivity contribution in [1.29, 1.82) is 0 Å². The van der Waals surface area contributed by atoms with E-state index in [9.17, 15) is 15.0 Å². The Morgan fingerprint density at radius 1 is 0.444 bits per heavy atom. The van der Waals surface area contributed by atoms with Gasteiger partial charge in [0.25, 0.3) is 0 Å². The normalized spacial score (nSPS) is 11.1. The van der Waals surface area contributed by atoms with Crippen molar-refractivity contribution in [2.45, 2.75) is 0 Å². The lowest BCUT2D eigenvalue weighted by atomic mass is 9.87. The molecular formula is C33H22O3. The summed E-state index contributed by atoms with van der Waals surface area (Å²) in [6, 6.07) is 37.4. The van der Waals surface area contributed by atoms with E-state index in [0.29, 0.717) is 33.4 Å². The highest BCUT2D eigenvalue weighted by molar-refractivity contribution is 6.19. The molecule has 0 unspecified atom stereocenters. The summed E-state index contributed by atoms with van der Waals surface area (Å²) in [6.45, 7) is 0. The number of hydrogen-bond donors (Lipinski definition) is 2. The number of fused-ring (bicyclic) bond motifs is 2. The Bertz CT molecular complexity index is 1650. The summed E-state index contributed by atoms with van der Waals surface area (Å²) in [4.78, 5) is 14.2. The minimum atomic E-state index is -0.180. The van der Waals surface area contributed by atoms with Crippen molar-refractivity contribution < 1.29 is 15.0 Å². The van der Waals surface area contributed by atoms with E-state index in [1.165, 1.54) is 0 Å². The zero-order valence-corrected chi connectivity index (χ0v) is 19.3. The van der Waals surface area contributed by atoms with Crippen molar-refractivity contribution in [3.63, 3.8) is 0 Å². The molecule has 0 bridgehead atoms. The third-order valence-corrected chi connectivity index (χ3v) is 6.70. The highest BCUT2D eigenvalue weighted by Crippen LogP contribution is 2.41. The lowest BCUT2D eigenvalue weighted by molar-refractivity contribution is 0.104. The Kier molecular flexibility index (Phi) is 5.24. The van der Waals surface area contributed by atoms with Crippen molar-refractivity contribution in [2.75, 3.05) is 0 Å². The summed E-state index contributed by atoms with van der Waals surface area (Å²) in [7, 11) is 0. The molecule has 0 heterocycles. The molecule has 0 aliphatic carbocycles. The number of aromatic hydroxyl groups is 2. The third kappa shape index (κ3) is 3.50. The van der Waals surface area contributed by atoms with Gasteiger partial charge in [-0.15, -0.1) is 0 Å². The van der Waals surface area contributed by atoms with Gasteiger partial charge in [0.1, 0.15) is 11.5 Å². The van der Waals surface area contributed by atoms with Gasteiger partial charge in [-0.2, -0.15) is 0 Å². The SMILES string of the molecule is O=C(c1ccccc1-c1c(O)ccc2ccccc12)c1ccccc1-c1c(O)ccc2ccccc12. The molecule has 6 rings (SSSR count). The Hall–Kier alpha value is -4.89. The van der Waals surface area contributed by atoms with E-state index in [1.54, 1.807) is 24.3 Å². The van der Waals surface area contributed by atoms with Gasteiger partial charge in [0.05, 0.1) is 0 Å². The molecule has 0 fully saturated rings. The fourth-order valence-corrected chi connectivity index (χ4v) is 5.03. The van der Waals surface area contributed by atoms with Gasteiger partial charge < -0.3 is 10.2 Å². The fourth-order valence-electron chi connectivity index (χ4n) is 5.03. The number of ketones is 1. The van der Waals surface area contributed by atoms with Crippen molar-refractivity contribution in [3.05, 3.63) is 132 Å². The molecule has 6 aromatic rings. The maximum absolute atomic E-state index is 14.2. The van der Waals surface area contributed by atoms with Crippen LogP contribution in [0.5, 0.6) is 11.5 Å². The molecule has 6 aromatic carbocycles. The van der Waals surface area contributed by atoms with E-state index in [-0.39, 0.29) is 17.3 Å². The Labute approximate surface area is 208 Å². The van der Waals surface area contributed by atoms with E-state index < -0.39 is 0 Å². The molecule has 0 atom stereocenters. The first-order valence-electron chi connectivity index (χ1n) is 11.8. The molecular weight excluding hydrogens is 444 g/mol. The summed E-state index contributed by atoms with van der Waals surface area (Å²) < 4.78 is 0. The second-order valence-electron chi connectivity index (χ2n) is 8.78. The molecule has 0 saturated heterocycles. The van der Waals surface area contributed by atoms with Crippen LogP contribution in [-0.2, 0) is 0 Å². The molecule has 0 aromatic heterocycles. The Morgan fingerprint density at radius 3 is 1.31 bits per heavy atom. The zero-order chi connectivity index (χ0) is 24.6. The van der Waals surface area contributed by atoms with Crippen molar-refractivity contribution >= 4 is 27.3 Å². The number of carbonyl (C=O) groups is 1. The van der Waals surface area contributed by atoms with E-state index >= 15 is 0 Å². The second kappa shape index (κ2) is 8.71. The van der Waals surface area contributed by atoms with Crippen LogP contribution in [0.4, 0.5) is 0 Å². The smallest absolute Gasteiger partial charge is 0.194 e. The molecule has 36 heavy (non-hydrogen) atoms. The number of carbonyl (C=O) groups excluding carboxylic acids is 1. The first-order chi connectivity index (χ1) is 17.6. The standard InChI is InChI=1S/C33H22O3/c34-29-19-17-21-9-1-3-11-23(21)31(29)25-13-5-7-15-27(25)33(36)28-16-8-6-14-26(28)32-24-12-4-2-10-22(24)18-20-30(32)35/h1-20,34-35H. The van der Waals surface area contributed by atoms with Crippen LogP contribution < -0.4 is 0 Å². The summed E-state index contributed by atoms with van der Waals surface area (Å²) in [5, 5.41) is 25.5. The van der Waals surface area contributed by atoms with Gasteiger partial charge in [-0.05, 0) is 44.8 Å². The van der Waals surface area contributed by atoms with Gasteiger partial charge >= 0.3 is 0 Å². The Balaban J connectivity index is 1.58. The lowest BCUT2D eigenvalue weighted by Crippen LogP contribution is -2.06. The summed E-state index contributed by atoms with van der Waals surface area (Å²) in [6.07, 6.45) is 0. The number of phenols is 2. The number of hydrogen-bond acceptors (Lipinski definition) is 3. The number of rotatable bonds is 4. The van der Waals surface area contributed by atoms with E-state index in [4.69, 9.17) is 0 Å². The van der Waals surface area contributed by atoms with Crippen molar-refractivity contribution in [1.82, 2.24) is 0 Å². The molecule has 0 amide bonds. The van der Waals surface area contributed by atoms with Crippen LogP contribution in [0.15, 0.2) is 121 Å². The van der Waals surface area contributed by atoms with Crippen LogP contribution in [0.2, 0.25) is 0 Å². The predicted octanol–water partition coefficient (Wildman–Crippen LogP) is 7.97. The van der Waals surface area contributed by atoms with Crippen LogP contribution in [-0.4, -0.2) is 16.0 Å². The van der Waals surface area contributed by atoms with Crippen LogP contribution in [0, 0.1) is 0 Å². The molecule has 3 nitrogen and oxygen atoms in total. The van der Waals surface area contributed by atoms with Crippen LogP contribution in [0.25, 0.3) is 43.8 Å². The molecule has 0 aliphatic rings. The first-order valence-corrected chi connectivity index (χ1v) is 11.8. The lowest BCUT2D eigenvalue weighted by Gasteiger charge is -2.16. The third-order valence-electron chi connectivity index (χ3n) is 6.70. The maximum Gasteiger partial charge on any atom is 0.194 e. The fraction of sp³-hybridized carbons (Fsp3) is 0. The molecule has 0 aliphatic heterocycles. The van der Waals surface area contributed by atoms with Gasteiger partial charge in [0.2, 0.25) is 0 Å². The summed E-state index contributed by atoms with van der Waals surface area (Å²) in [5.41, 5.74) is 3.54. The molecule has 2 N–H and O–H groups in total. The maximum atomic E-state index is 14.2. The highest BCUT2D eigenvalue weighted by Gasteiger charge is 2.22. The van der Waals surface area contributed by atoms with E-state index in [2.05, 4.69) is 0 Å². The van der Waals surface area contributed by atoms with Gasteiger partial charge in [0.15, 0.2) is 5.78 Å². The average Bonchev–Trinajstić information content (AvgIpc) is 2.93. The number of benzene rings is 6. The molecule has 0 spiro atoms. The minimum absolute atomic E-state index is 0.119.